The summed E-state index contributed by atoms with van der Waals surface area (Å²) in [7, 11) is 1.78. The maximum Gasteiger partial charge on any atom is 0.0590 e. The van der Waals surface area contributed by atoms with Crippen molar-refractivity contribution < 1.29 is 4.74 Å². The first kappa shape index (κ1) is 14.3. The number of ether oxygens (including phenoxy) is 1. The first-order chi connectivity index (χ1) is 8.65. The molecule has 0 aromatic carbocycles. The van der Waals surface area contributed by atoms with Crippen molar-refractivity contribution >= 4 is 0 Å². The zero-order chi connectivity index (χ0) is 13.2. The standard InChI is InChI=1S/C14H29N3O/c1-12(2)17(9-10-18-3)14(11-15)6-8-16-7-4-5-13(14)16/h12-13H,4-11,15H2,1-3H3. The fourth-order valence-electron chi connectivity index (χ4n) is 4.08. The van der Waals surface area contributed by atoms with Crippen LogP contribution in [-0.4, -0.2) is 67.3 Å². The number of nitrogens with zero attached hydrogens (tertiary/aromatic N) is 2. The second-order valence-corrected chi connectivity index (χ2v) is 6.03. The third-order valence-electron chi connectivity index (χ3n) is 4.90. The van der Waals surface area contributed by atoms with Crippen molar-refractivity contribution in [2.24, 2.45) is 5.73 Å². The Balaban J connectivity index is 2.18. The van der Waals surface area contributed by atoms with Crippen LogP contribution in [-0.2, 0) is 4.74 Å². The largest absolute Gasteiger partial charge is 0.383 e. The molecule has 106 valence electrons. The topological polar surface area (TPSA) is 41.7 Å². The zero-order valence-corrected chi connectivity index (χ0v) is 12.2. The minimum atomic E-state index is 0.184. The fourth-order valence-corrected chi connectivity index (χ4v) is 4.08. The Kier molecular flexibility index (Phi) is 4.64. The summed E-state index contributed by atoms with van der Waals surface area (Å²) in [6.07, 6.45) is 3.87. The Morgan fingerprint density at radius 1 is 1.44 bits per heavy atom. The predicted octanol–water partition coefficient (Wildman–Crippen LogP) is 0.909. The van der Waals surface area contributed by atoms with Gasteiger partial charge in [0, 0.05) is 38.8 Å². The molecule has 2 saturated heterocycles. The first-order valence-corrected chi connectivity index (χ1v) is 7.35. The Labute approximate surface area is 111 Å². The maximum atomic E-state index is 6.23. The highest BCUT2D eigenvalue weighted by molar-refractivity contribution is 5.10. The lowest BCUT2D eigenvalue weighted by atomic mass is 9.85. The quantitative estimate of drug-likeness (QED) is 0.766. The van der Waals surface area contributed by atoms with Gasteiger partial charge in [0.05, 0.1) is 12.1 Å². The summed E-state index contributed by atoms with van der Waals surface area (Å²) in [5.74, 6) is 0. The first-order valence-electron chi connectivity index (χ1n) is 7.35. The van der Waals surface area contributed by atoms with Gasteiger partial charge < -0.3 is 10.5 Å². The lowest BCUT2D eigenvalue weighted by molar-refractivity contribution is 0.0167. The van der Waals surface area contributed by atoms with Crippen molar-refractivity contribution in [3.05, 3.63) is 0 Å². The van der Waals surface area contributed by atoms with Gasteiger partial charge >= 0.3 is 0 Å². The summed E-state index contributed by atoms with van der Waals surface area (Å²) in [5.41, 5.74) is 6.41. The van der Waals surface area contributed by atoms with Crippen molar-refractivity contribution in [1.82, 2.24) is 9.80 Å². The van der Waals surface area contributed by atoms with Crippen LogP contribution >= 0.6 is 0 Å². The van der Waals surface area contributed by atoms with Gasteiger partial charge in [0.25, 0.3) is 0 Å². The molecule has 0 amide bonds. The van der Waals surface area contributed by atoms with E-state index in [4.69, 9.17) is 10.5 Å². The Morgan fingerprint density at radius 3 is 2.83 bits per heavy atom. The van der Waals surface area contributed by atoms with Crippen LogP contribution in [0.15, 0.2) is 0 Å². The van der Waals surface area contributed by atoms with Gasteiger partial charge in [0.1, 0.15) is 0 Å². The van der Waals surface area contributed by atoms with Crippen molar-refractivity contribution in [3.63, 3.8) is 0 Å². The molecule has 0 aromatic rings. The molecular weight excluding hydrogens is 226 g/mol. The van der Waals surface area contributed by atoms with Gasteiger partial charge in [-0.05, 0) is 39.7 Å². The molecule has 0 spiro atoms. The molecule has 0 aliphatic carbocycles. The molecule has 2 rings (SSSR count). The number of rotatable bonds is 6. The van der Waals surface area contributed by atoms with Crippen LogP contribution in [0.3, 0.4) is 0 Å². The average molecular weight is 255 g/mol. The second kappa shape index (κ2) is 5.87. The lowest BCUT2D eigenvalue weighted by Gasteiger charge is -2.47. The molecule has 0 radical (unpaired) electrons. The van der Waals surface area contributed by atoms with Gasteiger partial charge in [-0.25, -0.2) is 0 Å². The van der Waals surface area contributed by atoms with E-state index in [-0.39, 0.29) is 5.54 Å². The monoisotopic (exact) mass is 255 g/mol. The summed E-state index contributed by atoms with van der Waals surface area (Å²) < 4.78 is 5.29. The highest BCUT2D eigenvalue weighted by atomic mass is 16.5. The van der Waals surface area contributed by atoms with Crippen LogP contribution in [0.1, 0.15) is 33.1 Å². The Bertz CT molecular complexity index is 272. The van der Waals surface area contributed by atoms with Gasteiger partial charge in [-0.1, -0.05) is 0 Å². The number of hydrogen-bond donors (Lipinski definition) is 1. The van der Waals surface area contributed by atoms with E-state index in [1.807, 2.05) is 0 Å². The normalized spacial score (nSPS) is 32.7. The van der Waals surface area contributed by atoms with Gasteiger partial charge in [0.2, 0.25) is 0 Å². The molecule has 2 heterocycles. The van der Waals surface area contributed by atoms with Crippen LogP contribution in [0.2, 0.25) is 0 Å². The van der Waals surface area contributed by atoms with E-state index in [2.05, 4.69) is 23.6 Å². The fraction of sp³-hybridized carbons (Fsp3) is 1.00. The molecule has 4 heteroatoms. The maximum absolute atomic E-state index is 6.23. The molecule has 4 nitrogen and oxygen atoms in total. The summed E-state index contributed by atoms with van der Waals surface area (Å²) in [6, 6.07) is 1.20. The van der Waals surface area contributed by atoms with E-state index in [0.717, 1.165) is 19.7 Å². The third-order valence-corrected chi connectivity index (χ3v) is 4.90. The van der Waals surface area contributed by atoms with Gasteiger partial charge in [-0.3, -0.25) is 9.80 Å². The van der Waals surface area contributed by atoms with Crippen LogP contribution in [0.5, 0.6) is 0 Å². The number of hydrogen-bond acceptors (Lipinski definition) is 4. The number of nitrogens with two attached hydrogens (primary N) is 1. The molecule has 2 unspecified atom stereocenters. The predicted molar refractivity (Wildman–Crippen MR) is 74.7 cm³/mol. The second-order valence-electron chi connectivity index (χ2n) is 6.03. The highest BCUT2D eigenvalue weighted by Gasteiger charge is 2.51. The van der Waals surface area contributed by atoms with E-state index in [9.17, 15) is 0 Å². The smallest absolute Gasteiger partial charge is 0.0590 e. The molecule has 0 bridgehead atoms. The molecule has 2 aliphatic heterocycles. The van der Waals surface area contributed by atoms with Gasteiger partial charge in [-0.15, -0.1) is 0 Å². The Hall–Kier alpha value is -0.160. The van der Waals surface area contributed by atoms with E-state index in [1.165, 1.54) is 32.4 Å². The molecule has 18 heavy (non-hydrogen) atoms. The van der Waals surface area contributed by atoms with Crippen LogP contribution in [0, 0.1) is 0 Å². The number of methoxy groups -OCH3 is 1. The van der Waals surface area contributed by atoms with Crippen molar-refractivity contribution in [1.29, 1.82) is 0 Å². The Morgan fingerprint density at radius 2 is 2.22 bits per heavy atom. The summed E-state index contributed by atoms with van der Waals surface area (Å²) in [4.78, 5) is 5.25. The third kappa shape index (κ3) is 2.31. The van der Waals surface area contributed by atoms with Gasteiger partial charge in [0.15, 0.2) is 0 Å². The van der Waals surface area contributed by atoms with Crippen LogP contribution in [0.25, 0.3) is 0 Å². The molecule has 0 aromatic heterocycles. The van der Waals surface area contributed by atoms with E-state index < -0.39 is 0 Å². The SMILES string of the molecule is COCCN(C(C)C)C1(CN)CCN2CCCC21. The molecule has 2 atom stereocenters. The van der Waals surface area contributed by atoms with Crippen molar-refractivity contribution in [2.45, 2.75) is 50.7 Å². The molecule has 2 N–H and O–H groups in total. The van der Waals surface area contributed by atoms with E-state index in [1.54, 1.807) is 7.11 Å². The van der Waals surface area contributed by atoms with Crippen LogP contribution in [0.4, 0.5) is 0 Å². The summed E-state index contributed by atoms with van der Waals surface area (Å²) in [6.45, 7) is 9.62. The summed E-state index contributed by atoms with van der Waals surface area (Å²) in [5, 5.41) is 0. The summed E-state index contributed by atoms with van der Waals surface area (Å²) >= 11 is 0. The molecule has 2 aliphatic rings. The molecule has 0 saturated carbocycles. The van der Waals surface area contributed by atoms with E-state index >= 15 is 0 Å². The zero-order valence-electron chi connectivity index (χ0n) is 12.2. The number of fused-ring (bicyclic) bond motifs is 1. The van der Waals surface area contributed by atoms with Crippen LogP contribution < -0.4 is 5.73 Å². The minimum absolute atomic E-state index is 0.184. The van der Waals surface area contributed by atoms with Crippen molar-refractivity contribution in [2.75, 3.05) is 39.9 Å². The van der Waals surface area contributed by atoms with E-state index in [0.29, 0.717) is 12.1 Å². The van der Waals surface area contributed by atoms with Crippen molar-refractivity contribution in [3.8, 4) is 0 Å². The average Bonchev–Trinajstić information content (AvgIpc) is 2.92. The van der Waals surface area contributed by atoms with Gasteiger partial charge in [-0.2, -0.15) is 0 Å². The molecule has 2 fully saturated rings. The highest BCUT2D eigenvalue weighted by Crippen LogP contribution is 2.40. The minimum Gasteiger partial charge on any atom is -0.383 e. The molecular formula is C14H29N3O. The lowest BCUT2D eigenvalue weighted by Crippen LogP contribution is -2.62.